The molecule has 0 fully saturated rings. The molecule has 3 heteroatoms. The lowest BCUT2D eigenvalue weighted by Gasteiger charge is -2.30. The highest BCUT2D eigenvalue weighted by Gasteiger charge is 2.25. The molecule has 0 amide bonds. The monoisotopic (exact) mass is 243 g/mol. The van der Waals surface area contributed by atoms with Gasteiger partial charge >= 0.3 is 0 Å². The van der Waals surface area contributed by atoms with Crippen molar-refractivity contribution in [3.8, 4) is 0 Å². The molecule has 1 aromatic carbocycles. The topological polar surface area (TPSA) is 26.0 Å². The van der Waals surface area contributed by atoms with Gasteiger partial charge in [-0.1, -0.05) is 31.5 Å². The van der Waals surface area contributed by atoms with Crippen LogP contribution in [0, 0.1) is 11.2 Å². The summed E-state index contributed by atoms with van der Waals surface area (Å²) < 4.78 is 12.9. The van der Waals surface area contributed by atoms with Crippen LogP contribution in [0.15, 0.2) is 18.2 Å². The van der Waals surface area contributed by atoms with Crippen molar-refractivity contribution in [3.05, 3.63) is 34.6 Å². The molecule has 0 radical (unpaired) electrons. The number of nitrogens with two attached hydrogens (primary N) is 1. The van der Waals surface area contributed by atoms with E-state index in [4.69, 9.17) is 17.3 Å². The summed E-state index contributed by atoms with van der Waals surface area (Å²) in [6.45, 7) is 4.90. The molecule has 0 bridgehead atoms. The predicted molar refractivity (Wildman–Crippen MR) is 67.2 cm³/mol. The van der Waals surface area contributed by atoms with Gasteiger partial charge in [-0.15, -0.1) is 0 Å². The maximum atomic E-state index is 12.9. The van der Waals surface area contributed by atoms with Gasteiger partial charge in [-0.3, -0.25) is 0 Å². The lowest BCUT2D eigenvalue weighted by Crippen LogP contribution is -2.31. The van der Waals surface area contributed by atoms with Crippen molar-refractivity contribution < 1.29 is 4.39 Å². The Kier molecular flexibility index (Phi) is 4.75. The summed E-state index contributed by atoms with van der Waals surface area (Å²) in [6.07, 6.45) is 2.83. The van der Waals surface area contributed by atoms with Gasteiger partial charge in [-0.2, -0.15) is 0 Å². The van der Waals surface area contributed by atoms with Crippen LogP contribution < -0.4 is 5.73 Å². The number of benzene rings is 1. The molecule has 1 nitrogen and oxygen atoms in total. The van der Waals surface area contributed by atoms with E-state index in [0.29, 0.717) is 11.6 Å². The zero-order chi connectivity index (χ0) is 12.2. The Balaban J connectivity index is 2.93. The molecule has 16 heavy (non-hydrogen) atoms. The molecule has 0 aliphatic carbocycles. The zero-order valence-corrected chi connectivity index (χ0v) is 10.6. The fourth-order valence-electron chi connectivity index (χ4n) is 1.93. The average Bonchev–Trinajstić information content (AvgIpc) is 2.29. The largest absolute Gasteiger partial charge is 0.330 e. The van der Waals surface area contributed by atoms with Crippen molar-refractivity contribution in [3.63, 3.8) is 0 Å². The van der Waals surface area contributed by atoms with Crippen molar-refractivity contribution in [1.29, 1.82) is 0 Å². The molecule has 0 aliphatic heterocycles. The molecule has 1 rings (SSSR count). The number of halogens is 2. The van der Waals surface area contributed by atoms with Crippen molar-refractivity contribution in [1.82, 2.24) is 0 Å². The minimum absolute atomic E-state index is 0.0848. The quantitative estimate of drug-likeness (QED) is 0.837. The molecule has 0 spiro atoms. The summed E-state index contributed by atoms with van der Waals surface area (Å²) in [5.74, 6) is -0.292. The minimum atomic E-state index is -0.292. The third kappa shape index (κ3) is 2.96. The average molecular weight is 244 g/mol. The van der Waals surface area contributed by atoms with Gasteiger partial charge in [0.15, 0.2) is 0 Å². The molecule has 0 aliphatic rings. The van der Waals surface area contributed by atoms with Crippen molar-refractivity contribution in [2.75, 3.05) is 6.54 Å². The molecule has 0 saturated carbocycles. The molecule has 0 unspecified atom stereocenters. The third-order valence-electron chi connectivity index (χ3n) is 3.51. The summed E-state index contributed by atoms with van der Waals surface area (Å²) in [6, 6.07) is 4.57. The molecular formula is C13H19ClFN. The maximum absolute atomic E-state index is 12.9. The Labute approximate surface area is 102 Å². The van der Waals surface area contributed by atoms with E-state index >= 15 is 0 Å². The van der Waals surface area contributed by atoms with Gasteiger partial charge in [0.25, 0.3) is 0 Å². The second-order valence-electron chi connectivity index (χ2n) is 4.32. The Bertz CT molecular complexity index is 340. The summed E-state index contributed by atoms with van der Waals surface area (Å²) >= 11 is 6.03. The van der Waals surface area contributed by atoms with Gasteiger partial charge < -0.3 is 5.73 Å². The summed E-state index contributed by atoms with van der Waals surface area (Å²) in [7, 11) is 0. The number of hydrogen-bond acceptors (Lipinski definition) is 1. The minimum Gasteiger partial charge on any atom is -0.330 e. The van der Waals surface area contributed by atoms with Crippen molar-refractivity contribution in [2.24, 2.45) is 11.1 Å². The van der Waals surface area contributed by atoms with Crippen molar-refractivity contribution in [2.45, 2.75) is 33.1 Å². The van der Waals surface area contributed by atoms with Crippen molar-refractivity contribution >= 4 is 11.6 Å². The fourth-order valence-corrected chi connectivity index (χ4v) is 2.16. The SMILES string of the molecule is CCC(CC)(CN)Cc1ccc(F)cc1Cl. The first kappa shape index (κ1) is 13.5. The molecule has 0 atom stereocenters. The van der Waals surface area contributed by atoms with Crippen LogP contribution in [-0.2, 0) is 6.42 Å². The van der Waals surface area contributed by atoms with Gasteiger partial charge in [0.1, 0.15) is 5.82 Å². The second-order valence-corrected chi connectivity index (χ2v) is 4.73. The Morgan fingerprint density at radius 3 is 2.38 bits per heavy atom. The van der Waals surface area contributed by atoms with E-state index in [2.05, 4.69) is 13.8 Å². The summed E-state index contributed by atoms with van der Waals surface area (Å²) in [5.41, 5.74) is 6.91. The number of rotatable bonds is 5. The standard InChI is InChI=1S/C13H19ClFN/c1-3-13(4-2,9-16)8-10-5-6-11(15)7-12(10)14/h5-7H,3-4,8-9,16H2,1-2H3. The van der Waals surface area contributed by atoms with E-state index in [0.717, 1.165) is 24.8 Å². The zero-order valence-electron chi connectivity index (χ0n) is 9.89. The van der Waals surface area contributed by atoms with Crippen LogP contribution in [0.25, 0.3) is 0 Å². The van der Waals surface area contributed by atoms with Crippen LogP contribution in [-0.4, -0.2) is 6.54 Å². The first-order valence-corrected chi connectivity index (χ1v) is 6.08. The van der Waals surface area contributed by atoms with Gasteiger partial charge in [0.2, 0.25) is 0 Å². The van der Waals surface area contributed by atoms with Crippen LogP contribution in [0.3, 0.4) is 0 Å². The first-order chi connectivity index (χ1) is 7.56. The van der Waals surface area contributed by atoms with Crippen LogP contribution >= 0.6 is 11.6 Å². The van der Waals surface area contributed by atoms with Gasteiger partial charge in [-0.05, 0) is 48.9 Å². The highest BCUT2D eigenvalue weighted by Crippen LogP contribution is 2.32. The maximum Gasteiger partial charge on any atom is 0.124 e. The first-order valence-electron chi connectivity index (χ1n) is 5.71. The summed E-state index contributed by atoms with van der Waals surface area (Å²) in [4.78, 5) is 0. The van der Waals surface area contributed by atoms with Crippen LogP contribution in [0.2, 0.25) is 5.02 Å². The van der Waals surface area contributed by atoms with E-state index in [-0.39, 0.29) is 11.2 Å². The normalized spacial score (nSPS) is 11.8. The molecule has 0 heterocycles. The van der Waals surface area contributed by atoms with E-state index in [9.17, 15) is 4.39 Å². The van der Waals surface area contributed by atoms with E-state index in [1.165, 1.54) is 12.1 Å². The van der Waals surface area contributed by atoms with Crippen LogP contribution in [0.4, 0.5) is 4.39 Å². The predicted octanol–water partition coefficient (Wildman–Crippen LogP) is 3.79. The van der Waals surface area contributed by atoms with Gasteiger partial charge in [0.05, 0.1) is 0 Å². The van der Waals surface area contributed by atoms with Crippen LogP contribution in [0.1, 0.15) is 32.3 Å². The smallest absolute Gasteiger partial charge is 0.124 e. The molecule has 90 valence electrons. The summed E-state index contributed by atoms with van der Waals surface area (Å²) in [5, 5.41) is 0.500. The van der Waals surface area contributed by atoms with Gasteiger partial charge in [0, 0.05) is 5.02 Å². The second kappa shape index (κ2) is 5.65. The van der Waals surface area contributed by atoms with E-state index in [1.54, 1.807) is 6.07 Å². The lowest BCUT2D eigenvalue weighted by atomic mass is 9.77. The third-order valence-corrected chi connectivity index (χ3v) is 3.87. The molecule has 0 saturated heterocycles. The van der Waals surface area contributed by atoms with Gasteiger partial charge in [-0.25, -0.2) is 4.39 Å². The van der Waals surface area contributed by atoms with E-state index in [1.807, 2.05) is 0 Å². The molecule has 0 aromatic heterocycles. The van der Waals surface area contributed by atoms with Crippen LogP contribution in [0.5, 0.6) is 0 Å². The molecular weight excluding hydrogens is 225 g/mol. The Morgan fingerprint density at radius 2 is 1.94 bits per heavy atom. The Morgan fingerprint density at radius 1 is 1.31 bits per heavy atom. The number of hydrogen-bond donors (Lipinski definition) is 1. The highest BCUT2D eigenvalue weighted by atomic mass is 35.5. The molecule has 2 N–H and O–H groups in total. The van der Waals surface area contributed by atoms with E-state index < -0.39 is 0 Å². The lowest BCUT2D eigenvalue weighted by molar-refractivity contribution is 0.271. The highest BCUT2D eigenvalue weighted by molar-refractivity contribution is 6.31. The Hall–Kier alpha value is -0.600. The fraction of sp³-hybridized carbons (Fsp3) is 0.538. The molecule has 1 aromatic rings.